The second kappa shape index (κ2) is 4.84. The highest BCUT2D eigenvalue weighted by Crippen LogP contribution is 2.25. The largest absolute Gasteiger partial charge is 0.279 e. The molecule has 19 heavy (non-hydrogen) atoms. The maximum atomic E-state index is 12.2. The lowest BCUT2D eigenvalue weighted by molar-refractivity contribution is 0.576. The van der Waals surface area contributed by atoms with Gasteiger partial charge in [-0.05, 0) is 0 Å². The SMILES string of the molecule is O=S(=O)(NCc1cscn1)c1c(Cl)nc2sccn12. The van der Waals surface area contributed by atoms with Crippen molar-refractivity contribution in [3.8, 4) is 0 Å². The molecule has 3 aromatic rings. The Labute approximate surface area is 121 Å². The quantitative estimate of drug-likeness (QED) is 0.791. The molecule has 6 nitrogen and oxygen atoms in total. The van der Waals surface area contributed by atoms with E-state index < -0.39 is 10.0 Å². The number of nitrogens with one attached hydrogen (secondary N) is 1. The summed E-state index contributed by atoms with van der Waals surface area (Å²) >= 11 is 8.62. The van der Waals surface area contributed by atoms with Crippen LogP contribution < -0.4 is 4.72 Å². The van der Waals surface area contributed by atoms with Gasteiger partial charge >= 0.3 is 0 Å². The van der Waals surface area contributed by atoms with Crippen LogP contribution in [0.1, 0.15) is 5.69 Å². The first-order valence-electron chi connectivity index (χ1n) is 5.06. The number of aromatic nitrogens is 3. The average Bonchev–Trinajstić information content (AvgIpc) is 3.01. The molecule has 0 atom stereocenters. The Hall–Kier alpha value is -1.00. The first kappa shape index (κ1) is 13.0. The van der Waals surface area contributed by atoms with Gasteiger partial charge in [-0.15, -0.1) is 22.7 Å². The fourth-order valence-electron chi connectivity index (χ4n) is 1.54. The molecule has 0 aromatic carbocycles. The van der Waals surface area contributed by atoms with Crippen molar-refractivity contribution in [2.24, 2.45) is 0 Å². The number of sulfonamides is 1. The Morgan fingerprint density at radius 2 is 2.32 bits per heavy atom. The molecule has 10 heteroatoms. The van der Waals surface area contributed by atoms with Crippen molar-refractivity contribution in [2.45, 2.75) is 11.6 Å². The fourth-order valence-corrected chi connectivity index (χ4v) is 4.55. The van der Waals surface area contributed by atoms with Crippen molar-refractivity contribution >= 4 is 49.3 Å². The number of thiazole rings is 2. The van der Waals surface area contributed by atoms with E-state index in [4.69, 9.17) is 11.6 Å². The summed E-state index contributed by atoms with van der Waals surface area (Å²) in [5, 5.41) is 3.46. The van der Waals surface area contributed by atoms with E-state index in [2.05, 4.69) is 14.7 Å². The fraction of sp³-hybridized carbons (Fsp3) is 0.111. The summed E-state index contributed by atoms with van der Waals surface area (Å²) in [5.41, 5.74) is 2.31. The van der Waals surface area contributed by atoms with Crippen molar-refractivity contribution in [2.75, 3.05) is 0 Å². The number of hydrogen-bond acceptors (Lipinski definition) is 6. The van der Waals surface area contributed by atoms with Crippen molar-refractivity contribution in [3.63, 3.8) is 0 Å². The van der Waals surface area contributed by atoms with Gasteiger partial charge in [0, 0.05) is 17.0 Å². The van der Waals surface area contributed by atoms with Crippen LogP contribution in [0.2, 0.25) is 5.15 Å². The minimum atomic E-state index is -3.73. The normalized spacial score (nSPS) is 12.3. The zero-order valence-corrected chi connectivity index (χ0v) is 12.5. The Morgan fingerprint density at radius 1 is 1.47 bits per heavy atom. The predicted octanol–water partition coefficient (Wildman–Crippen LogP) is 1.98. The van der Waals surface area contributed by atoms with Crippen LogP contribution in [0.5, 0.6) is 0 Å². The molecule has 100 valence electrons. The number of fused-ring (bicyclic) bond motifs is 1. The molecule has 0 fully saturated rings. The smallest absolute Gasteiger partial charge is 0.260 e. The molecule has 0 aliphatic rings. The second-order valence-corrected chi connectivity index (χ2v) is 7.20. The van der Waals surface area contributed by atoms with Gasteiger partial charge in [0.05, 0.1) is 17.7 Å². The van der Waals surface area contributed by atoms with E-state index in [-0.39, 0.29) is 16.7 Å². The molecular formula is C9H7ClN4O2S3. The van der Waals surface area contributed by atoms with Crippen molar-refractivity contribution < 1.29 is 8.42 Å². The molecule has 1 N–H and O–H groups in total. The van der Waals surface area contributed by atoms with E-state index in [9.17, 15) is 8.42 Å². The lowest BCUT2D eigenvalue weighted by Gasteiger charge is -2.04. The summed E-state index contributed by atoms with van der Waals surface area (Å²) in [5.74, 6) is 0. The first-order valence-corrected chi connectivity index (χ1v) is 8.74. The van der Waals surface area contributed by atoms with Crippen LogP contribution in [0.15, 0.2) is 27.5 Å². The molecule has 3 aromatic heterocycles. The van der Waals surface area contributed by atoms with Gasteiger partial charge < -0.3 is 0 Å². The van der Waals surface area contributed by atoms with Crippen LogP contribution in [0.4, 0.5) is 0 Å². The molecule has 3 rings (SSSR count). The Balaban J connectivity index is 1.95. The zero-order chi connectivity index (χ0) is 13.5. The van der Waals surface area contributed by atoms with Crippen LogP contribution in [-0.2, 0) is 16.6 Å². The minimum absolute atomic E-state index is 0.0300. The molecule has 0 bridgehead atoms. The highest BCUT2D eigenvalue weighted by Gasteiger charge is 2.24. The minimum Gasteiger partial charge on any atom is -0.279 e. The van der Waals surface area contributed by atoms with Gasteiger partial charge in [0.1, 0.15) is 0 Å². The molecule has 0 radical (unpaired) electrons. The average molecular weight is 335 g/mol. The Kier molecular flexibility index (Phi) is 3.31. The van der Waals surface area contributed by atoms with E-state index in [0.717, 1.165) is 0 Å². The van der Waals surface area contributed by atoms with Crippen molar-refractivity contribution in [1.82, 2.24) is 19.1 Å². The summed E-state index contributed by atoms with van der Waals surface area (Å²) in [6.45, 7) is 0.125. The molecule has 0 aliphatic carbocycles. The zero-order valence-electron chi connectivity index (χ0n) is 9.28. The standard InChI is InChI=1S/C9H7ClN4O2S3/c10-7-8(14-1-2-18-9(14)13-7)19(15,16)12-3-6-4-17-5-11-6/h1-2,4-5,12H,3H2. The van der Waals surface area contributed by atoms with Gasteiger partial charge in [0.25, 0.3) is 10.0 Å². The topological polar surface area (TPSA) is 76.4 Å². The van der Waals surface area contributed by atoms with Crippen LogP contribution in [-0.4, -0.2) is 22.8 Å². The summed E-state index contributed by atoms with van der Waals surface area (Å²) in [6, 6.07) is 0. The maximum absolute atomic E-state index is 12.2. The number of nitrogens with zero attached hydrogens (tertiary/aromatic N) is 3. The van der Waals surface area contributed by atoms with E-state index in [1.165, 1.54) is 27.1 Å². The predicted molar refractivity (Wildman–Crippen MR) is 74.2 cm³/mol. The Bertz CT molecular complexity index is 806. The molecule has 3 heterocycles. The van der Waals surface area contributed by atoms with E-state index >= 15 is 0 Å². The van der Waals surface area contributed by atoms with Crippen molar-refractivity contribution in [3.05, 3.63) is 33.3 Å². The lowest BCUT2D eigenvalue weighted by Crippen LogP contribution is -2.24. The van der Waals surface area contributed by atoms with Gasteiger partial charge in [-0.2, -0.15) is 0 Å². The first-order chi connectivity index (χ1) is 9.08. The molecule has 0 aliphatic heterocycles. The third-order valence-corrected chi connectivity index (χ3v) is 5.55. The highest BCUT2D eigenvalue weighted by molar-refractivity contribution is 7.89. The summed E-state index contributed by atoms with van der Waals surface area (Å²) < 4.78 is 28.4. The summed E-state index contributed by atoms with van der Waals surface area (Å²) in [7, 11) is -3.73. The van der Waals surface area contributed by atoms with Crippen LogP contribution in [0.3, 0.4) is 0 Å². The van der Waals surface area contributed by atoms with E-state index in [1.54, 1.807) is 22.5 Å². The third-order valence-electron chi connectivity index (χ3n) is 2.36. The van der Waals surface area contributed by atoms with Crippen LogP contribution >= 0.6 is 34.3 Å². The monoisotopic (exact) mass is 334 g/mol. The van der Waals surface area contributed by atoms with Gasteiger partial charge in [-0.25, -0.2) is 23.1 Å². The molecule has 0 saturated carbocycles. The number of halogens is 1. The van der Waals surface area contributed by atoms with Gasteiger partial charge in [0.2, 0.25) is 0 Å². The van der Waals surface area contributed by atoms with Crippen LogP contribution in [0.25, 0.3) is 4.96 Å². The highest BCUT2D eigenvalue weighted by atomic mass is 35.5. The van der Waals surface area contributed by atoms with E-state index in [1.807, 2.05) is 0 Å². The Morgan fingerprint density at radius 3 is 3.05 bits per heavy atom. The molecular weight excluding hydrogens is 328 g/mol. The molecule has 0 amide bonds. The molecule has 0 saturated heterocycles. The van der Waals surface area contributed by atoms with Gasteiger partial charge in [-0.1, -0.05) is 11.6 Å². The van der Waals surface area contributed by atoms with E-state index in [0.29, 0.717) is 10.7 Å². The third kappa shape index (κ3) is 2.39. The lowest BCUT2D eigenvalue weighted by atomic mass is 10.5. The molecule has 0 unspecified atom stereocenters. The summed E-state index contributed by atoms with van der Waals surface area (Å²) in [4.78, 5) is 8.55. The van der Waals surface area contributed by atoms with Crippen molar-refractivity contribution in [1.29, 1.82) is 0 Å². The second-order valence-electron chi connectivity index (χ2n) is 3.57. The number of hydrogen-bond donors (Lipinski definition) is 1. The number of imidazole rings is 1. The van der Waals surface area contributed by atoms with Gasteiger partial charge in [0.15, 0.2) is 15.1 Å². The van der Waals surface area contributed by atoms with Crippen LogP contribution in [0, 0.1) is 0 Å². The molecule has 0 spiro atoms. The number of rotatable bonds is 4. The maximum Gasteiger partial charge on any atom is 0.260 e. The van der Waals surface area contributed by atoms with Gasteiger partial charge in [-0.3, -0.25) is 4.40 Å². The summed E-state index contributed by atoms with van der Waals surface area (Å²) in [6.07, 6.45) is 1.62.